The third kappa shape index (κ3) is 2.08. The Morgan fingerprint density at radius 2 is 1.53 bits per heavy atom. The Hall–Kier alpha value is -1.29. The molecular formula is C18H23N. The van der Waals surface area contributed by atoms with E-state index in [0.717, 1.165) is 12.8 Å². The molecule has 0 amide bonds. The van der Waals surface area contributed by atoms with E-state index < -0.39 is 0 Å². The van der Waals surface area contributed by atoms with Crippen molar-refractivity contribution in [3.05, 3.63) is 34.9 Å². The fourth-order valence-corrected chi connectivity index (χ4v) is 4.48. The van der Waals surface area contributed by atoms with Crippen LogP contribution in [0, 0.1) is 30.6 Å². The smallest absolute Gasteiger partial charge is 0.0833 e. The van der Waals surface area contributed by atoms with Crippen LogP contribution in [0.5, 0.6) is 0 Å². The van der Waals surface area contributed by atoms with Crippen LogP contribution in [-0.4, -0.2) is 0 Å². The van der Waals surface area contributed by atoms with Crippen molar-refractivity contribution in [1.29, 1.82) is 5.26 Å². The van der Waals surface area contributed by atoms with Crippen molar-refractivity contribution in [2.45, 2.75) is 64.2 Å². The maximum atomic E-state index is 9.74. The molecule has 0 saturated heterocycles. The normalized spacial score (nSPS) is 23.6. The summed E-state index contributed by atoms with van der Waals surface area (Å²) in [7, 11) is 0. The van der Waals surface area contributed by atoms with Crippen LogP contribution >= 0.6 is 0 Å². The van der Waals surface area contributed by atoms with E-state index in [1.807, 2.05) is 0 Å². The van der Waals surface area contributed by atoms with Crippen LogP contribution in [0.3, 0.4) is 0 Å². The van der Waals surface area contributed by atoms with E-state index in [1.54, 1.807) is 0 Å². The van der Waals surface area contributed by atoms with Gasteiger partial charge in [0.15, 0.2) is 0 Å². The molecule has 0 aliphatic heterocycles. The summed E-state index contributed by atoms with van der Waals surface area (Å²) in [6, 6.07) is 9.31. The van der Waals surface area contributed by atoms with Gasteiger partial charge in [0.05, 0.1) is 11.5 Å². The molecule has 1 aromatic carbocycles. The summed E-state index contributed by atoms with van der Waals surface area (Å²) < 4.78 is 0. The average molecular weight is 253 g/mol. The zero-order chi connectivity index (χ0) is 13.5. The molecule has 3 rings (SSSR count). The summed E-state index contributed by atoms with van der Waals surface area (Å²) in [5.41, 5.74) is 4.16. The van der Waals surface area contributed by atoms with Gasteiger partial charge in [-0.05, 0) is 50.5 Å². The van der Waals surface area contributed by atoms with Gasteiger partial charge >= 0.3 is 0 Å². The summed E-state index contributed by atoms with van der Waals surface area (Å²) in [4.78, 5) is 0. The first kappa shape index (κ1) is 12.7. The molecule has 0 atom stereocenters. The van der Waals surface area contributed by atoms with E-state index in [1.165, 1.54) is 48.8 Å². The minimum absolute atomic E-state index is 0.186. The highest BCUT2D eigenvalue weighted by Gasteiger charge is 2.55. The number of rotatable bonds is 1. The Balaban J connectivity index is 1.88. The van der Waals surface area contributed by atoms with E-state index in [2.05, 4.69) is 38.1 Å². The van der Waals surface area contributed by atoms with Crippen LogP contribution < -0.4 is 0 Å². The molecule has 2 fully saturated rings. The van der Waals surface area contributed by atoms with Gasteiger partial charge in [0.2, 0.25) is 0 Å². The summed E-state index contributed by atoms with van der Waals surface area (Å²) >= 11 is 0. The molecule has 1 aromatic rings. The van der Waals surface area contributed by atoms with Gasteiger partial charge in [-0.2, -0.15) is 5.26 Å². The van der Waals surface area contributed by atoms with Crippen molar-refractivity contribution in [2.24, 2.45) is 5.41 Å². The number of benzene rings is 1. The first-order chi connectivity index (χ1) is 9.07. The Morgan fingerprint density at radius 1 is 0.947 bits per heavy atom. The lowest BCUT2D eigenvalue weighted by molar-refractivity contribution is 0.0168. The summed E-state index contributed by atoms with van der Waals surface area (Å²) in [5.74, 6) is 0. The minimum atomic E-state index is -0.186. The molecule has 0 heterocycles. The first-order valence-electron chi connectivity index (χ1n) is 7.58. The van der Waals surface area contributed by atoms with Crippen LogP contribution in [0.2, 0.25) is 0 Å². The standard InChI is InChI=1S/C18H23N/c1-14-8-15(2)10-16(9-14)18(13-19)11-17(12-18)6-4-3-5-7-17/h8-10H,3-7,11-12H2,1-2H3. The number of hydrogen-bond acceptors (Lipinski definition) is 1. The van der Waals surface area contributed by atoms with Crippen LogP contribution in [0.1, 0.15) is 61.6 Å². The lowest BCUT2D eigenvalue weighted by atomic mass is 9.47. The molecular weight excluding hydrogens is 230 g/mol. The van der Waals surface area contributed by atoms with Gasteiger partial charge in [0, 0.05) is 0 Å². The predicted molar refractivity (Wildman–Crippen MR) is 78.0 cm³/mol. The second-order valence-electron chi connectivity index (χ2n) is 6.98. The highest BCUT2D eigenvalue weighted by molar-refractivity contribution is 5.42. The molecule has 1 nitrogen and oxygen atoms in total. The lowest BCUT2D eigenvalue weighted by Gasteiger charge is -2.55. The SMILES string of the molecule is Cc1cc(C)cc(C2(C#N)CC3(CCCCC3)C2)c1. The molecule has 0 N–H and O–H groups in total. The van der Waals surface area contributed by atoms with Gasteiger partial charge in [-0.15, -0.1) is 0 Å². The maximum Gasteiger partial charge on any atom is 0.0833 e. The third-order valence-electron chi connectivity index (χ3n) is 5.26. The molecule has 1 spiro atoms. The van der Waals surface area contributed by atoms with E-state index >= 15 is 0 Å². The van der Waals surface area contributed by atoms with E-state index in [-0.39, 0.29) is 5.41 Å². The van der Waals surface area contributed by atoms with E-state index in [4.69, 9.17) is 0 Å². The predicted octanol–water partition coefficient (Wildman–Crippen LogP) is 4.81. The first-order valence-corrected chi connectivity index (χ1v) is 7.58. The molecule has 1 heteroatoms. The quantitative estimate of drug-likeness (QED) is 0.704. The molecule has 100 valence electrons. The fourth-order valence-electron chi connectivity index (χ4n) is 4.48. The molecule has 0 unspecified atom stereocenters. The van der Waals surface area contributed by atoms with Crippen molar-refractivity contribution in [1.82, 2.24) is 0 Å². The Bertz CT molecular complexity index is 501. The minimum Gasteiger partial charge on any atom is -0.197 e. The van der Waals surface area contributed by atoms with Gasteiger partial charge < -0.3 is 0 Å². The molecule has 2 aliphatic rings. The number of hydrogen-bond donors (Lipinski definition) is 0. The van der Waals surface area contributed by atoms with Crippen LogP contribution in [-0.2, 0) is 5.41 Å². The van der Waals surface area contributed by atoms with Crippen molar-refractivity contribution in [2.75, 3.05) is 0 Å². The third-order valence-corrected chi connectivity index (χ3v) is 5.26. The van der Waals surface area contributed by atoms with Gasteiger partial charge in [0.25, 0.3) is 0 Å². The maximum absolute atomic E-state index is 9.74. The van der Waals surface area contributed by atoms with E-state index in [9.17, 15) is 5.26 Å². The Morgan fingerprint density at radius 3 is 2.05 bits per heavy atom. The Kier molecular flexibility index (Phi) is 2.93. The topological polar surface area (TPSA) is 23.8 Å². The fraction of sp³-hybridized carbons (Fsp3) is 0.611. The second-order valence-corrected chi connectivity index (χ2v) is 6.98. The largest absolute Gasteiger partial charge is 0.197 e. The molecule has 0 aromatic heterocycles. The number of nitriles is 1. The molecule has 0 bridgehead atoms. The van der Waals surface area contributed by atoms with Crippen molar-refractivity contribution >= 4 is 0 Å². The van der Waals surface area contributed by atoms with Gasteiger partial charge in [0.1, 0.15) is 0 Å². The van der Waals surface area contributed by atoms with E-state index in [0.29, 0.717) is 5.41 Å². The van der Waals surface area contributed by atoms with Crippen molar-refractivity contribution < 1.29 is 0 Å². The van der Waals surface area contributed by atoms with Crippen LogP contribution in [0.4, 0.5) is 0 Å². The van der Waals surface area contributed by atoms with Crippen molar-refractivity contribution in [3.8, 4) is 6.07 Å². The highest BCUT2D eigenvalue weighted by Crippen LogP contribution is 2.61. The number of aryl methyl sites for hydroxylation is 2. The summed E-state index contributed by atoms with van der Waals surface area (Å²) in [6.07, 6.45) is 9.02. The second kappa shape index (κ2) is 4.37. The Labute approximate surface area is 116 Å². The van der Waals surface area contributed by atoms with Gasteiger partial charge in [-0.1, -0.05) is 48.6 Å². The molecule has 19 heavy (non-hydrogen) atoms. The average Bonchev–Trinajstić information content (AvgIpc) is 2.35. The molecule has 2 saturated carbocycles. The van der Waals surface area contributed by atoms with Crippen molar-refractivity contribution in [3.63, 3.8) is 0 Å². The van der Waals surface area contributed by atoms with Gasteiger partial charge in [-0.3, -0.25) is 0 Å². The monoisotopic (exact) mass is 253 g/mol. The highest BCUT2D eigenvalue weighted by atomic mass is 14.6. The molecule has 0 radical (unpaired) electrons. The van der Waals surface area contributed by atoms with Crippen LogP contribution in [0.15, 0.2) is 18.2 Å². The summed E-state index contributed by atoms with van der Waals surface area (Å²) in [6.45, 7) is 4.27. The zero-order valence-corrected chi connectivity index (χ0v) is 12.1. The van der Waals surface area contributed by atoms with Gasteiger partial charge in [-0.25, -0.2) is 0 Å². The zero-order valence-electron chi connectivity index (χ0n) is 12.1. The van der Waals surface area contributed by atoms with Crippen LogP contribution in [0.25, 0.3) is 0 Å². The number of nitrogens with zero attached hydrogens (tertiary/aromatic N) is 1. The molecule has 2 aliphatic carbocycles. The lowest BCUT2D eigenvalue weighted by Crippen LogP contribution is -2.49. The summed E-state index contributed by atoms with van der Waals surface area (Å²) in [5, 5.41) is 9.74.